The summed E-state index contributed by atoms with van der Waals surface area (Å²) in [6.07, 6.45) is 40.3. The number of carbonyl (C=O) groups excluding carboxylic acids is 2. The second kappa shape index (κ2) is 29.9. The minimum atomic E-state index is -0.998. The Morgan fingerprint density at radius 3 is 1.70 bits per heavy atom. The highest BCUT2D eigenvalue weighted by Crippen LogP contribution is 2.29. The molecule has 0 aromatic carbocycles. The predicted molar refractivity (Wildman–Crippen MR) is 191 cm³/mol. The van der Waals surface area contributed by atoms with E-state index in [4.69, 9.17) is 14.2 Å². The van der Waals surface area contributed by atoms with Crippen LogP contribution >= 0.6 is 0 Å². The molecule has 0 amide bonds. The Morgan fingerprint density at radius 1 is 0.652 bits per heavy atom. The van der Waals surface area contributed by atoms with Crippen LogP contribution in [0.4, 0.5) is 0 Å². The van der Waals surface area contributed by atoms with Gasteiger partial charge in [-0.3, -0.25) is 9.59 Å². The van der Waals surface area contributed by atoms with E-state index in [0.717, 1.165) is 63.7 Å². The van der Waals surface area contributed by atoms with Crippen molar-refractivity contribution in [2.75, 3.05) is 13.2 Å². The predicted octanol–water partition coefficient (Wildman–Crippen LogP) is 10.1. The van der Waals surface area contributed by atoms with Crippen molar-refractivity contribution in [1.82, 2.24) is 0 Å². The molecule has 0 aromatic heterocycles. The lowest BCUT2D eigenvalue weighted by molar-refractivity contribution is -0.152. The summed E-state index contributed by atoms with van der Waals surface area (Å²) >= 11 is 0. The first-order valence-electron chi connectivity index (χ1n) is 18.4. The highest BCUT2D eigenvalue weighted by atomic mass is 16.6. The lowest BCUT2D eigenvalue weighted by Gasteiger charge is -2.12. The van der Waals surface area contributed by atoms with E-state index in [1.165, 1.54) is 44.9 Å². The van der Waals surface area contributed by atoms with Gasteiger partial charge in [0.05, 0.1) is 12.2 Å². The summed E-state index contributed by atoms with van der Waals surface area (Å²) in [4.78, 5) is 23.8. The van der Waals surface area contributed by atoms with E-state index in [1.54, 1.807) is 0 Å². The molecule has 0 radical (unpaired) electrons. The fourth-order valence-corrected chi connectivity index (χ4v) is 4.95. The summed E-state index contributed by atoms with van der Waals surface area (Å²) in [5.74, 6) is 0.181. The number of carbonyl (C=O) groups is 2. The van der Waals surface area contributed by atoms with Gasteiger partial charge in [0, 0.05) is 12.8 Å². The molecule has 1 fully saturated rings. The highest BCUT2D eigenvalue weighted by Gasteiger charge is 2.35. The molecule has 1 aliphatic heterocycles. The molecule has 1 aliphatic rings. The summed E-state index contributed by atoms with van der Waals surface area (Å²) in [5.41, 5.74) is 0. The summed E-state index contributed by atoms with van der Waals surface area (Å²) in [6.45, 7) is 6.43. The fraction of sp³-hybridized carbons (Fsp3) is 0.700. The Balaban J connectivity index is 1.90. The lowest BCUT2D eigenvalue weighted by Crippen LogP contribution is -2.25. The molecule has 6 heteroatoms. The van der Waals surface area contributed by atoms with E-state index in [0.29, 0.717) is 25.0 Å². The van der Waals surface area contributed by atoms with Crippen LogP contribution in [0.5, 0.6) is 0 Å². The summed E-state index contributed by atoms with van der Waals surface area (Å²) in [7, 11) is 0. The average molecular weight is 643 g/mol. The number of ether oxygens (including phenoxy) is 3. The van der Waals surface area contributed by atoms with Gasteiger partial charge in [0.15, 0.2) is 0 Å². The van der Waals surface area contributed by atoms with E-state index in [1.807, 2.05) is 12.2 Å². The van der Waals surface area contributed by atoms with Gasteiger partial charge in [0.1, 0.15) is 19.3 Å². The zero-order valence-electron chi connectivity index (χ0n) is 29.4. The Bertz CT molecular complexity index is 901. The Kier molecular flexibility index (Phi) is 27.1. The van der Waals surface area contributed by atoms with Crippen molar-refractivity contribution in [1.29, 1.82) is 0 Å². The maximum atomic E-state index is 11.9. The van der Waals surface area contributed by atoms with Gasteiger partial charge in [-0.05, 0) is 57.3 Å². The van der Waals surface area contributed by atoms with Crippen molar-refractivity contribution in [2.45, 2.75) is 161 Å². The number of epoxide rings is 1. The van der Waals surface area contributed by atoms with E-state index >= 15 is 0 Å². The third-order valence-corrected chi connectivity index (χ3v) is 8.22. The number of rotatable bonds is 30. The number of esters is 2. The molecule has 0 saturated carbocycles. The van der Waals surface area contributed by atoms with Crippen LogP contribution in [0.15, 0.2) is 60.8 Å². The SMILES string of the molecule is CC/C=C\CC1OC1C/C=C\C/C=C\C/C=C\C/C=C\CCC(=O)OC[C@@H](O)COC(=O)CCCCCCCCCCC(C)CC. The number of aliphatic hydroxyl groups excluding tert-OH is 1. The number of hydrogen-bond donors (Lipinski definition) is 1. The average Bonchev–Trinajstić information content (AvgIpc) is 3.81. The van der Waals surface area contributed by atoms with Crippen LogP contribution in [0.3, 0.4) is 0 Å². The standard InChI is InChI=1S/C40H66O6/c1-4-6-23-29-37-38(46-37)30-25-20-16-11-9-7-8-10-12-17-21-26-31-39(42)44-33-36(41)34-45-40(43)32-27-22-18-14-13-15-19-24-28-35(3)5-2/h6,8-11,17,20-21,23,25,35-38,41H,4-5,7,12-16,18-19,22,24,26-34H2,1-3H3/b10-8-,11-9-,21-17-,23-6-,25-20-/t35?,36-,37?,38?/m1/s1. The summed E-state index contributed by atoms with van der Waals surface area (Å²) in [6, 6.07) is 0. The summed E-state index contributed by atoms with van der Waals surface area (Å²) < 4.78 is 15.9. The van der Waals surface area contributed by atoms with Gasteiger partial charge in [0.25, 0.3) is 0 Å². The zero-order valence-corrected chi connectivity index (χ0v) is 29.4. The number of aliphatic hydroxyl groups is 1. The molecule has 0 aliphatic carbocycles. The molecule has 262 valence electrons. The Labute approximate surface area is 281 Å². The second-order valence-corrected chi connectivity index (χ2v) is 12.6. The van der Waals surface area contributed by atoms with Crippen molar-refractivity contribution < 1.29 is 28.9 Å². The van der Waals surface area contributed by atoms with Gasteiger partial charge < -0.3 is 19.3 Å². The molecular formula is C40H66O6. The van der Waals surface area contributed by atoms with Gasteiger partial charge in [-0.25, -0.2) is 0 Å². The van der Waals surface area contributed by atoms with Gasteiger partial charge >= 0.3 is 11.9 Å². The Hall–Kier alpha value is -2.44. The van der Waals surface area contributed by atoms with Crippen molar-refractivity contribution in [2.24, 2.45) is 5.92 Å². The van der Waals surface area contributed by atoms with Crippen molar-refractivity contribution >= 4 is 11.9 Å². The third kappa shape index (κ3) is 26.7. The Morgan fingerprint density at radius 2 is 1.13 bits per heavy atom. The van der Waals surface area contributed by atoms with Crippen LogP contribution in [-0.2, 0) is 23.8 Å². The lowest BCUT2D eigenvalue weighted by atomic mass is 9.99. The molecule has 0 aromatic rings. The van der Waals surface area contributed by atoms with Crippen molar-refractivity contribution in [3.8, 4) is 0 Å². The molecule has 0 spiro atoms. The molecule has 1 saturated heterocycles. The van der Waals surface area contributed by atoms with Gasteiger partial charge in [-0.15, -0.1) is 0 Å². The van der Waals surface area contributed by atoms with Crippen LogP contribution < -0.4 is 0 Å². The summed E-state index contributed by atoms with van der Waals surface area (Å²) in [5, 5.41) is 9.98. The molecule has 46 heavy (non-hydrogen) atoms. The highest BCUT2D eigenvalue weighted by molar-refractivity contribution is 5.70. The first-order chi connectivity index (χ1) is 22.5. The largest absolute Gasteiger partial charge is 0.463 e. The first kappa shape index (κ1) is 41.6. The van der Waals surface area contributed by atoms with Crippen LogP contribution in [0.1, 0.15) is 143 Å². The zero-order chi connectivity index (χ0) is 33.5. The van der Waals surface area contributed by atoms with Crippen LogP contribution in [0.2, 0.25) is 0 Å². The minimum Gasteiger partial charge on any atom is -0.463 e. The van der Waals surface area contributed by atoms with E-state index in [2.05, 4.69) is 69.4 Å². The molecule has 3 unspecified atom stereocenters. The molecule has 6 nitrogen and oxygen atoms in total. The third-order valence-electron chi connectivity index (χ3n) is 8.22. The fourth-order valence-electron chi connectivity index (χ4n) is 4.95. The monoisotopic (exact) mass is 642 g/mol. The molecular weight excluding hydrogens is 576 g/mol. The minimum absolute atomic E-state index is 0.144. The number of allylic oxidation sites excluding steroid dienone is 8. The quantitative estimate of drug-likeness (QED) is 0.0363. The van der Waals surface area contributed by atoms with Crippen molar-refractivity contribution in [3.63, 3.8) is 0 Å². The number of unbranched alkanes of at least 4 members (excludes halogenated alkanes) is 7. The molecule has 4 atom stereocenters. The second-order valence-electron chi connectivity index (χ2n) is 12.6. The topological polar surface area (TPSA) is 85.4 Å². The molecule has 1 heterocycles. The van der Waals surface area contributed by atoms with E-state index in [-0.39, 0.29) is 31.6 Å². The molecule has 1 N–H and O–H groups in total. The first-order valence-corrected chi connectivity index (χ1v) is 18.4. The van der Waals surface area contributed by atoms with Crippen LogP contribution in [0, 0.1) is 5.92 Å². The van der Waals surface area contributed by atoms with Gasteiger partial charge in [-0.1, -0.05) is 139 Å². The maximum absolute atomic E-state index is 11.9. The molecule has 0 bridgehead atoms. The van der Waals surface area contributed by atoms with E-state index in [9.17, 15) is 14.7 Å². The molecule has 1 rings (SSSR count). The maximum Gasteiger partial charge on any atom is 0.306 e. The van der Waals surface area contributed by atoms with Crippen LogP contribution in [0.25, 0.3) is 0 Å². The normalized spacial score (nSPS) is 18.0. The van der Waals surface area contributed by atoms with Crippen LogP contribution in [-0.4, -0.2) is 48.6 Å². The van der Waals surface area contributed by atoms with Crippen molar-refractivity contribution in [3.05, 3.63) is 60.8 Å². The smallest absolute Gasteiger partial charge is 0.306 e. The van der Waals surface area contributed by atoms with Gasteiger partial charge in [-0.2, -0.15) is 0 Å². The van der Waals surface area contributed by atoms with Gasteiger partial charge in [0.2, 0.25) is 0 Å². The van der Waals surface area contributed by atoms with E-state index < -0.39 is 6.10 Å². The number of hydrogen-bond acceptors (Lipinski definition) is 6.